The van der Waals surface area contributed by atoms with Crippen LogP contribution in [0.3, 0.4) is 0 Å². The number of hydrogen-bond acceptors (Lipinski definition) is 5. The van der Waals surface area contributed by atoms with Crippen LogP contribution in [0.2, 0.25) is 0 Å². The summed E-state index contributed by atoms with van der Waals surface area (Å²) in [5, 5.41) is 23.5. The van der Waals surface area contributed by atoms with Crippen molar-refractivity contribution in [2.75, 3.05) is 13.2 Å². The molecule has 3 rings (SSSR count). The van der Waals surface area contributed by atoms with Crippen molar-refractivity contribution in [2.24, 2.45) is 5.92 Å². The molecule has 0 radical (unpaired) electrons. The molecule has 2 aromatic rings. The topological polar surface area (TPSA) is 124 Å². The number of carbonyl (C=O) groups is 2. The van der Waals surface area contributed by atoms with Crippen LogP contribution < -0.4 is 5.32 Å². The number of nitrogens with one attached hydrogen (secondary N) is 1. The van der Waals surface area contributed by atoms with Gasteiger partial charge >= 0.3 is 5.97 Å². The summed E-state index contributed by atoms with van der Waals surface area (Å²) in [7, 11) is 0. The lowest BCUT2D eigenvalue weighted by Crippen LogP contribution is -2.49. The Balaban J connectivity index is 1.71. The first-order valence-corrected chi connectivity index (χ1v) is 8.29. The van der Waals surface area contributed by atoms with Crippen LogP contribution >= 0.6 is 0 Å². The first kappa shape index (κ1) is 17.9. The number of carbonyl (C=O) groups excluding carboxylic acids is 1. The van der Waals surface area contributed by atoms with Gasteiger partial charge in [0.15, 0.2) is 0 Å². The fourth-order valence-corrected chi connectivity index (χ4v) is 3.22. The highest BCUT2D eigenvalue weighted by Crippen LogP contribution is 2.22. The van der Waals surface area contributed by atoms with Gasteiger partial charge in [0.05, 0.1) is 11.5 Å². The molecule has 138 valence electrons. The number of benzene rings is 1. The molecule has 0 spiro atoms. The van der Waals surface area contributed by atoms with Crippen LogP contribution in [0.5, 0.6) is 0 Å². The highest BCUT2D eigenvalue weighted by atomic mass is 16.6. The Bertz CT molecular complexity index is 840. The maximum atomic E-state index is 12.3. The molecule has 1 aliphatic rings. The van der Waals surface area contributed by atoms with Crippen molar-refractivity contribution in [3.8, 4) is 0 Å². The molecule has 26 heavy (non-hydrogen) atoms. The van der Waals surface area contributed by atoms with E-state index in [4.69, 9.17) is 4.74 Å². The quantitative estimate of drug-likeness (QED) is 0.594. The number of aromatic nitrogens is 1. The van der Waals surface area contributed by atoms with Gasteiger partial charge in [-0.1, -0.05) is 0 Å². The first-order valence-electron chi connectivity index (χ1n) is 8.29. The molecule has 2 N–H and O–H groups in total. The number of carboxylic acid groups (broad SMARTS) is 1. The minimum Gasteiger partial charge on any atom is -0.480 e. The molecule has 2 heterocycles. The fraction of sp³-hybridized carbons (Fsp3) is 0.412. The van der Waals surface area contributed by atoms with Crippen molar-refractivity contribution in [3.05, 3.63) is 40.6 Å². The molecule has 9 nitrogen and oxygen atoms in total. The molecule has 2 atom stereocenters. The first-order chi connectivity index (χ1) is 12.5. The van der Waals surface area contributed by atoms with Gasteiger partial charge in [0.25, 0.3) is 5.69 Å². The molecule has 1 amide bonds. The van der Waals surface area contributed by atoms with Crippen molar-refractivity contribution in [3.63, 3.8) is 0 Å². The second kappa shape index (κ2) is 7.52. The monoisotopic (exact) mass is 361 g/mol. The van der Waals surface area contributed by atoms with E-state index < -0.39 is 22.8 Å². The third-order valence-electron chi connectivity index (χ3n) is 4.53. The number of aliphatic carboxylic acids is 1. The summed E-state index contributed by atoms with van der Waals surface area (Å²) in [6.07, 6.45) is 3.10. The molecule has 0 bridgehead atoms. The van der Waals surface area contributed by atoms with E-state index in [1.165, 1.54) is 12.1 Å². The number of amides is 1. The minimum absolute atomic E-state index is 0.0251. The number of ether oxygens (including phenoxy) is 1. The Kier molecular flexibility index (Phi) is 5.17. The Morgan fingerprint density at radius 3 is 2.88 bits per heavy atom. The zero-order chi connectivity index (χ0) is 18.7. The third-order valence-corrected chi connectivity index (χ3v) is 4.53. The van der Waals surface area contributed by atoms with Gasteiger partial charge in [-0.05, 0) is 25.0 Å². The highest BCUT2D eigenvalue weighted by Gasteiger charge is 2.31. The average Bonchev–Trinajstić information content (AvgIpc) is 3.02. The molecule has 1 fully saturated rings. The van der Waals surface area contributed by atoms with Crippen molar-refractivity contribution < 1.29 is 24.4 Å². The number of nitro benzene ring substituents is 1. The largest absolute Gasteiger partial charge is 0.480 e. The van der Waals surface area contributed by atoms with E-state index in [1.54, 1.807) is 22.9 Å². The van der Waals surface area contributed by atoms with Crippen molar-refractivity contribution in [2.45, 2.75) is 25.4 Å². The molecule has 0 aliphatic carbocycles. The smallest absolute Gasteiger partial charge is 0.326 e. The van der Waals surface area contributed by atoms with E-state index in [0.717, 1.165) is 6.42 Å². The number of hydrogen-bond donors (Lipinski definition) is 2. The maximum Gasteiger partial charge on any atom is 0.326 e. The van der Waals surface area contributed by atoms with E-state index in [1.807, 2.05) is 0 Å². The van der Waals surface area contributed by atoms with Crippen LogP contribution in [0.4, 0.5) is 5.69 Å². The third kappa shape index (κ3) is 3.83. The average molecular weight is 361 g/mol. The number of nitro groups is 1. The number of rotatable bonds is 6. The standard InChI is InChI=1S/C17H19N3O6/c21-15(18-16(17(22)23)12-2-1-7-26-10-12)9-19-6-5-11-8-13(20(24)25)3-4-14(11)19/h3-6,8,12,16H,1-2,7,9-10H2,(H,18,21)(H,22,23). The van der Waals surface area contributed by atoms with Crippen LogP contribution in [0.15, 0.2) is 30.5 Å². The molecular formula is C17H19N3O6. The normalized spacial score (nSPS) is 18.4. The van der Waals surface area contributed by atoms with Crippen molar-refractivity contribution in [1.29, 1.82) is 0 Å². The second-order valence-electron chi connectivity index (χ2n) is 6.30. The summed E-state index contributed by atoms with van der Waals surface area (Å²) in [5.74, 6) is -1.77. The second-order valence-corrected chi connectivity index (χ2v) is 6.30. The molecule has 1 aliphatic heterocycles. The minimum atomic E-state index is -1.08. The summed E-state index contributed by atoms with van der Waals surface area (Å²) in [6.45, 7) is 0.851. The summed E-state index contributed by atoms with van der Waals surface area (Å²) < 4.78 is 6.94. The van der Waals surface area contributed by atoms with Crippen molar-refractivity contribution >= 4 is 28.5 Å². The van der Waals surface area contributed by atoms with Gasteiger partial charge in [0.1, 0.15) is 12.6 Å². The number of fused-ring (bicyclic) bond motifs is 1. The van der Waals surface area contributed by atoms with Gasteiger partial charge in [0.2, 0.25) is 5.91 Å². The summed E-state index contributed by atoms with van der Waals surface area (Å²) >= 11 is 0. The lowest BCUT2D eigenvalue weighted by Gasteiger charge is -2.28. The maximum absolute atomic E-state index is 12.3. The van der Waals surface area contributed by atoms with Gasteiger partial charge in [-0.3, -0.25) is 14.9 Å². The van der Waals surface area contributed by atoms with Gasteiger partial charge < -0.3 is 19.7 Å². The summed E-state index contributed by atoms with van der Waals surface area (Å²) in [6, 6.07) is 5.06. The zero-order valence-corrected chi connectivity index (χ0v) is 14.0. The van der Waals surface area contributed by atoms with Gasteiger partial charge in [-0.2, -0.15) is 0 Å². The molecule has 1 aromatic heterocycles. The predicted octanol–water partition coefficient (Wildman–Crippen LogP) is 1.55. The summed E-state index contributed by atoms with van der Waals surface area (Å²) in [4.78, 5) is 34.2. The molecule has 0 saturated carbocycles. The van der Waals surface area contributed by atoms with Crippen molar-refractivity contribution in [1.82, 2.24) is 9.88 Å². The summed E-state index contributed by atoms with van der Waals surface area (Å²) in [5.41, 5.74) is 0.640. The number of non-ortho nitro benzene ring substituents is 1. The molecule has 2 unspecified atom stereocenters. The number of nitrogens with zero attached hydrogens (tertiary/aromatic N) is 2. The van der Waals surface area contributed by atoms with Crippen LogP contribution in [0.25, 0.3) is 10.9 Å². The zero-order valence-electron chi connectivity index (χ0n) is 14.0. The van der Waals surface area contributed by atoms with Gasteiger partial charge in [-0.15, -0.1) is 0 Å². The van der Waals surface area contributed by atoms with Gasteiger partial charge in [-0.25, -0.2) is 4.79 Å². The van der Waals surface area contributed by atoms with Crippen LogP contribution in [-0.2, 0) is 20.9 Å². The Hall–Kier alpha value is -2.94. The fourth-order valence-electron chi connectivity index (χ4n) is 3.22. The van der Waals surface area contributed by atoms with E-state index in [0.29, 0.717) is 30.5 Å². The Labute approximate surface area is 148 Å². The lowest BCUT2D eigenvalue weighted by atomic mass is 9.93. The SMILES string of the molecule is O=C(Cn1ccc2cc([N+](=O)[O-])ccc21)NC(C(=O)O)C1CCCOC1. The molecule has 9 heteroatoms. The van der Waals surface area contributed by atoms with E-state index in [-0.39, 0.29) is 18.2 Å². The number of carboxylic acids is 1. The predicted molar refractivity (Wildman–Crippen MR) is 91.7 cm³/mol. The lowest BCUT2D eigenvalue weighted by molar-refractivity contribution is -0.384. The van der Waals surface area contributed by atoms with E-state index in [9.17, 15) is 24.8 Å². The highest BCUT2D eigenvalue weighted by molar-refractivity contribution is 5.87. The van der Waals surface area contributed by atoms with Crippen LogP contribution in [0.1, 0.15) is 12.8 Å². The molecular weight excluding hydrogens is 342 g/mol. The van der Waals surface area contributed by atoms with Crippen LogP contribution in [-0.4, -0.2) is 45.7 Å². The molecule has 1 saturated heterocycles. The Morgan fingerprint density at radius 2 is 2.23 bits per heavy atom. The van der Waals surface area contributed by atoms with Crippen LogP contribution in [0, 0.1) is 16.0 Å². The van der Waals surface area contributed by atoms with E-state index in [2.05, 4.69) is 5.32 Å². The van der Waals surface area contributed by atoms with Gasteiger partial charge in [0, 0.05) is 41.8 Å². The molecule has 1 aromatic carbocycles. The van der Waals surface area contributed by atoms with E-state index >= 15 is 0 Å². The Morgan fingerprint density at radius 1 is 1.42 bits per heavy atom.